The second-order valence-electron chi connectivity index (χ2n) is 1.64. The van der Waals surface area contributed by atoms with Gasteiger partial charge in [0.1, 0.15) is 6.54 Å². The van der Waals surface area contributed by atoms with Crippen molar-refractivity contribution >= 4 is 5.91 Å². The maximum atomic E-state index is 11.3. The Morgan fingerprint density at radius 3 is 2.30 bits per heavy atom. The van der Waals surface area contributed by atoms with Gasteiger partial charge in [-0.15, -0.1) is 0 Å². The molecular formula is C4H8F3N2O+. The summed E-state index contributed by atoms with van der Waals surface area (Å²) < 4.78 is 34.0. The van der Waals surface area contributed by atoms with Crippen molar-refractivity contribution in [3.05, 3.63) is 0 Å². The van der Waals surface area contributed by atoms with E-state index in [4.69, 9.17) is 0 Å². The average Bonchev–Trinajstić information content (AvgIpc) is 1.81. The molecule has 0 radical (unpaired) electrons. The molecule has 4 N–H and O–H groups in total. The van der Waals surface area contributed by atoms with Crippen molar-refractivity contribution in [2.75, 3.05) is 13.1 Å². The van der Waals surface area contributed by atoms with Gasteiger partial charge in [-0.2, -0.15) is 13.2 Å². The molecule has 0 aromatic carbocycles. The highest BCUT2D eigenvalue weighted by Gasteiger charge is 2.27. The molecule has 60 valence electrons. The molecule has 0 bridgehead atoms. The Morgan fingerprint density at radius 2 is 2.00 bits per heavy atom. The normalized spacial score (nSPS) is 11.2. The number of quaternary nitrogens is 1. The molecule has 0 aliphatic heterocycles. The predicted octanol–water partition coefficient (Wildman–Crippen LogP) is -1.09. The summed E-state index contributed by atoms with van der Waals surface area (Å²) >= 11 is 0. The van der Waals surface area contributed by atoms with E-state index in [-0.39, 0.29) is 6.54 Å². The van der Waals surface area contributed by atoms with Gasteiger partial charge in [0.2, 0.25) is 0 Å². The number of hydrogen-bond acceptors (Lipinski definition) is 1. The third-order valence-electron chi connectivity index (χ3n) is 0.713. The molecular weight excluding hydrogens is 149 g/mol. The SMILES string of the molecule is [NH3+]CC(=O)NCC(F)(F)F. The standard InChI is InChI=1S/C4H7F3N2O/c5-4(6,7)2-9-3(10)1-8/h1-2,8H2,(H,9,10)/p+1. The second-order valence-corrected chi connectivity index (χ2v) is 1.64. The molecule has 0 aliphatic rings. The van der Waals surface area contributed by atoms with Crippen molar-refractivity contribution in [1.82, 2.24) is 5.32 Å². The Labute approximate surface area is 55.4 Å². The quantitative estimate of drug-likeness (QED) is 0.525. The highest BCUT2D eigenvalue weighted by Crippen LogP contribution is 2.11. The fourth-order valence-electron chi connectivity index (χ4n) is 0.287. The maximum absolute atomic E-state index is 11.3. The highest BCUT2D eigenvalue weighted by molar-refractivity contribution is 5.76. The van der Waals surface area contributed by atoms with Crippen LogP contribution >= 0.6 is 0 Å². The van der Waals surface area contributed by atoms with Gasteiger partial charge in [0.15, 0.2) is 6.54 Å². The summed E-state index contributed by atoms with van der Waals surface area (Å²) in [5, 5.41) is 1.65. The van der Waals surface area contributed by atoms with E-state index in [9.17, 15) is 18.0 Å². The molecule has 0 unspecified atom stereocenters. The van der Waals surface area contributed by atoms with E-state index in [2.05, 4.69) is 5.73 Å². The van der Waals surface area contributed by atoms with E-state index in [1.165, 1.54) is 0 Å². The molecule has 0 saturated carbocycles. The minimum Gasteiger partial charge on any atom is -0.350 e. The summed E-state index contributed by atoms with van der Waals surface area (Å²) in [5.74, 6) is -0.697. The molecule has 6 heteroatoms. The van der Waals surface area contributed by atoms with E-state index in [0.29, 0.717) is 0 Å². The molecule has 0 aromatic heterocycles. The van der Waals surface area contributed by atoms with Crippen LogP contribution in [0.4, 0.5) is 13.2 Å². The number of rotatable bonds is 2. The van der Waals surface area contributed by atoms with Gasteiger partial charge in [-0.05, 0) is 0 Å². The van der Waals surface area contributed by atoms with Crippen molar-refractivity contribution in [1.29, 1.82) is 0 Å². The van der Waals surface area contributed by atoms with E-state index < -0.39 is 18.6 Å². The number of carbonyl (C=O) groups excluding carboxylic acids is 1. The Bertz CT molecular complexity index is 122. The largest absolute Gasteiger partial charge is 0.405 e. The van der Waals surface area contributed by atoms with Crippen LogP contribution < -0.4 is 11.1 Å². The first-order chi connectivity index (χ1) is 4.45. The Hall–Kier alpha value is -0.780. The third kappa shape index (κ3) is 5.36. The highest BCUT2D eigenvalue weighted by atomic mass is 19.4. The van der Waals surface area contributed by atoms with Crippen molar-refractivity contribution in [2.24, 2.45) is 0 Å². The molecule has 0 aliphatic carbocycles. The molecule has 0 fully saturated rings. The molecule has 0 heterocycles. The van der Waals surface area contributed by atoms with Crippen LogP contribution in [0, 0.1) is 0 Å². The van der Waals surface area contributed by atoms with Gasteiger partial charge in [-0.3, -0.25) is 4.79 Å². The van der Waals surface area contributed by atoms with Crippen molar-refractivity contribution < 1.29 is 23.7 Å². The first-order valence-electron chi connectivity index (χ1n) is 2.58. The van der Waals surface area contributed by atoms with Gasteiger partial charge >= 0.3 is 6.18 Å². The van der Waals surface area contributed by atoms with Crippen LogP contribution in [-0.2, 0) is 4.79 Å². The number of carbonyl (C=O) groups is 1. The number of halogens is 3. The summed E-state index contributed by atoms with van der Waals surface area (Å²) in [6, 6.07) is 0. The molecule has 0 atom stereocenters. The van der Waals surface area contributed by atoms with Gasteiger partial charge in [-0.1, -0.05) is 0 Å². The van der Waals surface area contributed by atoms with Crippen LogP contribution in [0.1, 0.15) is 0 Å². The zero-order valence-corrected chi connectivity index (χ0v) is 5.16. The second kappa shape index (κ2) is 3.40. The van der Waals surface area contributed by atoms with Crippen LogP contribution in [0.3, 0.4) is 0 Å². The topological polar surface area (TPSA) is 56.7 Å². The fourth-order valence-corrected chi connectivity index (χ4v) is 0.287. The summed E-state index contributed by atoms with van der Waals surface area (Å²) in [7, 11) is 0. The summed E-state index contributed by atoms with van der Waals surface area (Å²) in [4.78, 5) is 10.2. The van der Waals surface area contributed by atoms with Crippen LogP contribution in [0.2, 0.25) is 0 Å². The molecule has 0 rings (SSSR count). The van der Waals surface area contributed by atoms with Crippen molar-refractivity contribution in [2.45, 2.75) is 6.18 Å². The van der Waals surface area contributed by atoms with E-state index >= 15 is 0 Å². The minimum atomic E-state index is -4.33. The van der Waals surface area contributed by atoms with E-state index in [1.54, 1.807) is 5.32 Å². The predicted molar refractivity (Wildman–Crippen MR) is 26.8 cm³/mol. The molecule has 0 aromatic rings. The molecule has 0 saturated heterocycles. The van der Waals surface area contributed by atoms with Gasteiger partial charge in [0.25, 0.3) is 5.91 Å². The lowest BCUT2D eigenvalue weighted by atomic mass is 10.5. The lowest BCUT2D eigenvalue weighted by molar-refractivity contribution is -0.355. The van der Waals surface area contributed by atoms with E-state index in [1.807, 2.05) is 0 Å². The zero-order valence-electron chi connectivity index (χ0n) is 5.16. The van der Waals surface area contributed by atoms with E-state index in [0.717, 1.165) is 0 Å². The third-order valence-corrected chi connectivity index (χ3v) is 0.713. The minimum absolute atomic E-state index is 0.171. The van der Waals surface area contributed by atoms with Gasteiger partial charge in [0.05, 0.1) is 0 Å². The summed E-state index contributed by atoms with van der Waals surface area (Å²) in [6.45, 7) is -1.45. The van der Waals surface area contributed by atoms with Crippen LogP contribution in [0.5, 0.6) is 0 Å². The Morgan fingerprint density at radius 1 is 1.50 bits per heavy atom. The zero-order chi connectivity index (χ0) is 8.20. The molecule has 1 amide bonds. The van der Waals surface area contributed by atoms with Crippen LogP contribution in [0.15, 0.2) is 0 Å². The maximum Gasteiger partial charge on any atom is 0.405 e. The number of nitrogens with one attached hydrogen (secondary N) is 1. The Balaban J connectivity index is 3.46. The van der Waals surface area contributed by atoms with Gasteiger partial charge in [0, 0.05) is 0 Å². The van der Waals surface area contributed by atoms with Crippen molar-refractivity contribution in [3.8, 4) is 0 Å². The first kappa shape index (κ1) is 9.22. The first-order valence-corrected chi connectivity index (χ1v) is 2.58. The average molecular weight is 157 g/mol. The monoisotopic (exact) mass is 157 g/mol. The smallest absolute Gasteiger partial charge is 0.350 e. The summed E-state index contributed by atoms with van der Waals surface area (Å²) in [5.41, 5.74) is 3.11. The fraction of sp³-hybridized carbons (Fsp3) is 0.750. The number of hydrogen-bond donors (Lipinski definition) is 2. The molecule has 10 heavy (non-hydrogen) atoms. The Kier molecular flexibility index (Phi) is 3.14. The molecule has 0 spiro atoms. The lowest BCUT2D eigenvalue weighted by Gasteiger charge is -2.05. The van der Waals surface area contributed by atoms with Crippen LogP contribution in [-0.4, -0.2) is 25.2 Å². The molecule has 3 nitrogen and oxygen atoms in total. The lowest BCUT2D eigenvalue weighted by Crippen LogP contribution is -2.57. The van der Waals surface area contributed by atoms with Gasteiger partial charge < -0.3 is 11.1 Å². The van der Waals surface area contributed by atoms with Crippen LogP contribution in [0.25, 0.3) is 0 Å². The summed E-state index contributed by atoms with van der Waals surface area (Å²) in [6.07, 6.45) is -4.33. The number of amides is 1. The van der Waals surface area contributed by atoms with Gasteiger partial charge in [-0.25, -0.2) is 0 Å². The number of alkyl halides is 3. The van der Waals surface area contributed by atoms with Crippen molar-refractivity contribution in [3.63, 3.8) is 0 Å².